The second-order valence-electron chi connectivity index (χ2n) is 4.85. The number of nitrogens with zero attached hydrogens (tertiary/aromatic N) is 3. The first-order valence-electron chi connectivity index (χ1n) is 6.81. The van der Waals surface area contributed by atoms with E-state index >= 15 is 0 Å². The van der Waals surface area contributed by atoms with Crippen LogP contribution in [0.4, 0.5) is 0 Å². The standard InChI is InChI=1S/C18H10N4O/c19-9-12-1-5-14(6-2-12)16-11-21-18(22-16)17(23)15-7-3-13(10-20)4-8-15/h1-8,11H,(H,21,22). The first-order chi connectivity index (χ1) is 11.2. The molecule has 0 amide bonds. The van der Waals surface area contributed by atoms with Crippen molar-refractivity contribution >= 4 is 5.78 Å². The smallest absolute Gasteiger partial charge is 0.228 e. The fourth-order valence-corrected chi connectivity index (χ4v) is 2.14. The van der Waals surface area contributed by atoms with Crippen molar-refractivity contribution in [3.05, 3.63) is 77.2 Å². The van der Waals surface area contributed by atoms with Crippen LogP contribution in [0.3, 0.4) is 0 Å². The Labute approximate surface area is 132 Å². The molecule has 2 aromatic carbocycles. The first-order valence-corrected chi connectivity index (χ1v) is 6.81. The Morgan fingerprint density at radius 1 is 0.913 bits per heavy atom. The van der Waals surface area contributed by atoms with E-state index in [1.165, 1.54) is 0 Å². The van der Waals surface area contributed by atoms with Gasteiger partial charge >= 0.3 is 0 Å². The summed E-state index contributed by atoms with van der Waals surface area (Å²) in [5.41, 5.74) is 3.08. The van der Waals surface area contributed by atoms with Gasteiger partial charge in [0.2, 0.25) is 5.78 Å². The molecule has 1 N–H and O–H groups in total. The summed E-state index contributed by atoms with van der Waals surface area (Å²) in [5.74, 6) is -0.0107. The number of rotatable bonds is 3. The zero-order chi connectivity index (χ0) is 16.2. The number of aromatic nitrogens is 2. The summed E-state index contributed by atoms with van der Waals surface area (Å²) < 4.78 is 0. The van der Waals surface area contributed by atoms with Gasteiger partial charge in [-0.15, -0.1) is 0 Å². The van der Waals surface area contributed by atoms with Crippen molar-refractivity contribution in [3.63, 3.8) is 0 Å². The molecule has 3 aromatic rings. The molecule has 108 valence electrons. The third-order valence-electron chi connectivity index (χ3n) is 3.39. The summed E-state index contributed by atoms with van der Waals surface area (Å²) in [7, 11) is 0. The molecule has 3 rings (SSSR count). The molecule has 0 saturated carbocycles. The van der Waals surface area contributed by atoms with Gasteiger partial charge in [-0.25, -0.2) is 4.98 Å². The van der Waals surface area contributed by atoms with Crippen molar-refractivity contribution in [2.45, 2.75) is 0 Å². The zero-order valence-corrected chi connectivity index (χ0v) is 11.9. The molecule has 0 fully saturated rings. The van der Waals surface area contributed by atoms with Crippen LogP contribution in [0.25, 0.3) is 11.3 Å². The Hall–Kier alpha value is -3.70. The van der Waals surface area contributed by atoms with Crippen molar-refractivity contribution in [2.24, 2.45) is 0 Å². The number of H-pyrrole nitrogens is 1. The van der Waals surface area contributed by atoms with E-state index < -0.39 is 0 Å². The number of nitriles is 2. The lowest BCUT2D eigenvalue weighted by Gasteiger charge is -1.99. The summed E-state index contributed by atoms with van der Waals surface area (Å²) in [4.78, 5) is 19.5. The molecule has 0 aliphatic carbocycles. The van der Waals surface area contributed by atoms with Crippen LogP contribution >= 0.6 is 0 Å². The minimum Gasteiger partial charge on any atom is -0.335 e. The van der Waals surface area contributed by atoms with E-state index in [0.29, 0.717) is 22.4 Å². The van der Waals surface area contributed by atoms with Crippen LogP contribution in [0.15, 0.2) is 54.7 Å². The van der Waals surface area contributed by atoms with Gasteiger partial charge in [-0.3, -0.25) is 4.79 Å². The second-order valence-corrected chi connectivity index (χ2v) is 4.85. The highest BCUT2D eigenvalue weighted by molar-refractivity contribution is 6.06. The number of ketones is 1. The maximum atomic E-state index is 12.4. The molecule has 0 bridgehead atoms. The summed E-state index contributed by atoms with van der Waals surface area (Å²) in [6.45, 7) is 0. The lowest BCUT2D eigenvalue weighted by Crippen LogP contribution is -2.03. The molecule has 23 heavy (non-hydrogen) atoms. The number of carbonyl (C=O) groups excluding carboxylic acids is 1. The molecule has 0 radical (unpaired) electrons. The van der Waals surface area contributed by atoms with E-state index in [0.717, 1.165) is 5.56 Å². The normalized spacial score (nSPS) is 9.83. The fourth-order valence-electron chi connectivity index (χ4n) is 2.14. The average Bonchev–Trinajstić information content (AvgIpc) is 3.11. The predicted molar refractivity (Wildman–Crippen MR) is 83.3 cm³/mol. The predicted octanol–water partition coefficient (Wildman–Crippen LogP) is 3.05. The largest absolute Gasteiger partial charge is 0.335 e. The monoisotopic (exact) mass is 298 g/mol. The second kappa shape index (κ2) is 5.97. The lowest BCUT2D eigenvalue weighted by molar-refractivity contribution is 0.103. The average molecular weight is 298 g/mol. The molecule has 0 atom stereocenters. The lowest BCUT2D eigenvalue weighted by atomic mass is 10.1. The maximum absolute atomic E-state index is 12.4. The molecule has 0 saturated heterocycles. The van der Waals surface area contributed by atoms with Crippen molar-refractivity contribution in [3.8, 4) is 23.4 Å². The van der Waals surface area contributed by atoms with Crippen molar-refractivity contribution in [1.82, 2.24) is 9.97 Å². The van der Waals surface area contributed by atoms with E-state index in [2.05, 4.69) is 16.0 Å². The van der Waals surface area contributed by atoms with Gasteiger partial charge in [0.15, 0.2) is 5.82 Å². The van der Waals surface area contributed by atoms with E-state index in [-0.39, 0.29) is 11.6 Å². The quantitative estimate of drug-likeness (QED) is 0.752. The maximum Gasteiger partial charge on any atom is 0.228 e. The molecule has 5 nitrogen and oxygen atoms in total. The Morgan fingerprint density at radius 3 is 2.04 bits per heavy atom. The van der Waals surface area contributed by atoms with Crippen molar-refractivity contribution in [2.75, 3.05) is 0 Å². The van der Waals surface area contributed by atoms with Gasteiger partial charge in [-0.05, 0) is 42.0 Å². The third-order valence-corrected chi connectivity index (χ3v) is 3.39. The van der Waals surface area contributed by atoms with E-state index in [4.69, 9.17) is 10.5 Å². The van der Waals surface area contributed by atoms with Crippen LogP contribution in [-0.2, 0) is 0 Å². The SMILES string of the molecule is N#Cc1ccc(C(=O)c2ncc(-c3ccc(C#N)cc3)[nH]2)cc1. The summed E-state index contributed by atoms with van der Waals surface area (Å²) >= 11 is 0. The number of carbonyl (C=O) groups is 1. The van der Waals surface area contributed by atoms with Crippen LogP contribution in [0, 0.1) is 22.7 Å². The number of imidazole rings is 1. The highest BCUT2D eigenvalue weighted by Crippen LogP contribution is 2.18. The summed E-state index contributed by atoms with van der Waals surface area (Å²) in [5, 5.41) is 17.6. The molecule has 1 aromatic heterocycles. The highest BCUT2D eigenvalue weighted by Gasteiger charge is 2.13. The first kappa shape index (κ1) is 14.2. The zero-order valence-electron chi connectivity index (χ0n) is 11.9. The Morgan fingerprint density at radius 2 is 1.48 bits per heavy atom. The van der Waals surface area contributed by atoms with Gasteiger partial charge in [0, 0.05) is 5.56 Å². The Bertz CT molecular complexity index is 938. The minimum absolute atomic E-state index is 0.231. The topological polar surface area (TPSA) is 93.3 Å². The van der Waals surface area contributed by atoms with Crippen molar-refractivity contribution < 1.29 is 4.79 Å². The van der Waals surface area contributed by atoms with Gasteiger partial charge in [0.05, 0.1) is 35.2 Å². The molecule has 5 heteroatoms. The number of hydrogen-bond donors (Lipinski definition) is 1. The number of hydrogen-bond acceptors (Lipinski definition) is 4. The molecule has 0 spiro atoms. The van der Waals surface area contributed by atoms with E-state index in [9.17, 15) is 4.79 Å². The number of nitrogens with one attached hydrogen (secondary N) is 1. The van der Waals surface area contributed by atoms with Crippen LogP contribution in [0.2, 0.25) is 0 Å². The number of benzene rings is 2. The van der Waals surface area contributed by atoms with Gasteiger partial charge in [-0.2, -0.15) is 10.5 Å². The molecule has 0 unspecified atom stereocenters. The summed E-state index contributed by atoms with van der Waals surface area (Å²) in [6, 6.07) is 17.5. The molecule has 0 aliphatic rings. The highest BCUT2D eigenvalue weighted by atomic mass is 16.1. The van der Waals surface area contributed by atoms with Crippen LogP contribution < -0.4 is 0 Å². The van der Waals surface area contributed by atoms with E-state index in [1.807, 2.05) is 6.07 Å². The van der Waals surface area contributed by atoms with Gasteiger partial charge in [0.1, 0.15) is 0 Å². The van der Waals surface area contributed by atoms with Crippen LogP contribution in [-0.4, -0.2) is 15.8 Å². The van der Waals surface area contributed by atoms with Gasteiger partial charge < -0.3 is 4.98 Å². The summed E-state index contributed by atoms with van der Waals surface area (Å²) in [6.07, 6.45) is 1.58. The van der Waals surface area contributed by atoms with E-state index in [1.54, 1.807) is 54.7 Å². The Kier molecular flexibility index (Phi) is 3.70. The fraction of sp³-hybridized carbons (Fsp3) is 0. The minimum atomic E-state index is -0.241. The van der Waals surface area contributed by atoms with Crippen molar-refractivity contribution in [1.29, 1.82) is 10.5 Å². The molecule has 1 heterocycles. The molecular formula is C18H10N4O. The van der Waals surface area contributed by atoms with Crippen LogP contribution in [0.5, 0.6) is 0 Å². The van der Waals surface area contributed by atoms with Crippen LogP contribution in [0.1, 0.15) is 27.3 Å². The van der Waals surface area contributed by atoms with Gasteiger partial charge in [-0.1, -0.05) is 12.1 Å². The van der Waals surface area contributed by atoms with Gasteiger partial charge in [0.25, 0.3) is 0 Å². The third kappa shape index (κ3) is 2.85. The molecule has 0 aliphatic heterocycles. The Balaban J connectivity index is 1.87. The molecular weight excluding hydrogens is 288 g/mol. The number of aromatic amines is 1.